The van der Waals surface area contributed by atoms with Gasteiger partial charge < -0.3 is 16.0 Å². The van der Waals surface area contributed by atoms with E-state index in [1.165, 1.54) is 6.07 Å². The predicted octanol–water partition coefficient (Wildman–Crippen LogP) is 3.43. The molecule has 1 heterocycles. The fourth-order valence-corrected chi connectivity index (χ4v) is 3.59. The first kappa shape index (κ1) is 21.8. The minimum Gasteiger partial charge on any atom is -0.351 e. The molecule has 6 nitrogen and oxygen atoms in total. The number of urea groups is 1. The molecule has 3 amide bonds. The molecule has 2 aromatic carbocycles. The molecule has 0 bridgehead atoms. The molecule has 1 aliphatic heterocycles. The topological polar surface area (TPSA) is 73.5 Å². The molecule has 0 radical (unpaired) electrons. The summed E-state index contributed by atoms with van der Waals surface area (Å²) in [5.74, 6) is -0.366. The van der Waals surface area contributed by atoms with Crippen LogP contribution in [0.2, 0.25) is 0 Å². The largest absolute Gasteiger partial charge is 0.351 e. The monoisotopic (exact) mass is 412 g/mol. The van der Waals surface area contributed by atoms with Gasteiger partial charge in [-0.3, -0.25) is 9.69 Å². The van der Waals surface area contributed by atoms with E-state index in [2.05, 4.69) is 20.9 Å². The molecule has 3 N–H and O–H groups in total. The number of nitrogens with one attached hydrogen (secondary N) is 3. The first-order valence-electron chi connectivity index (χ1n) is 10.4. The van der Waals surface area contributed by atoms with Crippen molar-refractivity contribution in [1.82, 2.24) is 15.5 Å². The fourth-order valence-electron chi connectivity index (χ4n) is 3.59. The van der Waals surface area contributed by atoms with E-state index >= 15 is 0 Å². The van der Waals surface area contributed by atoms with Crippen LogP contribution in [0.3, 0.4) is 0 Å². The Balaban J connectivity index is 1.45. The summed E-state index contributed by atoms with van der Waals surface area (Å²) in [5, 5.41) is 8.58. The Morgan fingerprint density at radius 2 is 1.90 bits per heavy atom. The van der Waals surface area contributed by atoms with Gasteiger partial charge in [-0.2, -0.15) is 0 Å². The van der Waals surface area contributed by atoms with Crippen molar-refractivity contribution in [3.05, 3.63) is 65.5 Å². The van der Waals surface area contributed by atoms with Crippen LogP contribution in [0.5, 0.6) is 0 Å². The van der Waals surface area contributed by atoms with Crippen LogP contribution < -0.4 is 16.0 Å². The van der Waals surface area contributed by atoms with Gasteiger partial charge in [-0.05, 0) is 55.6 Å². The summed E-state index contributed by atoms with van der Waals surface area (Å²) >= 11 is 0. The lowest BCUT2D eigenvalue weighted by Gasteiger charge is -2.35. The van der Waals surface area contributed by atoms with Gasteiger partial charge in [-0.25, -0.2) is 9.18 Å². The van der Waals surface area contributed by atoms with E-state index in [-0.39, 0.29) is 30.3 Å². The summed E-state index contributed by atoms with van der Waals surface area (Å²) in [6.07, 6.45) is 3.04. The highest BCUT2D eigenvalue weighted by molar-refractivity contribution is 5.89. The van der Waals surface area contributed by atoms with Crippen LogP contribution in [0.4, 0.5) is 14.9 Å². The molecule has 0 spiro atoms. The zero-order chi connectivity index (χ0) is 21.3. The Hall–Kier alpha value is -2.93. The maximum atomic E-state index is 13.7. The van der Waals surface area contributed by atoms with Crippen LogP contribution in [-0.4, -0.2) is 42.5 Å². The number of nitrogens with zero attached hydrogens (tertiary/aromatic N) is 1. The van der Waals surface area contributed by atoms with E-state index in [4.69, 9.17) is 0 Å². The minimum atomic E-state index is -0.266. The van der Waals surface area contributed by atoms with Gasteiger partial charge in [0.1, 0.15) is 5.82 Å². The quantitative estimate of drug-likeness (QED) is 0.652. The van der Waals surface area contributed by atoms with Crippen LogP contribution in [0.25, 0.3) is 0 Å². The molecule has 1 fully saturated rings. The third-order valence-corrected chi connectivity index (χ3v) is 5.35. The number of carbonyl (C=O) groups excluding carboxylic acids is 2. The molecule has 1 atom stereocenters. The van der Waals surface area contributed by atoms with E-state index < -0.39 is 0 Å². The van der Waals surface area contributed by atoms with Crippen molar-refractivity contribution in [3.63, 3.8) is 0 Å². The highest BCUT2D eigenvalue weighted by Gasteiger charge is 2.24. The molecular formula is C23H29FN4O2. The van der Waals surface area contributed by atoms with Crippen molar-refractivity contribution >= 4 is 17.6 Å². The third kappa shape index (κ3) is 6.56. The second kappa shape index (κ2) is 10.7. The lowest BCUT2D eigenvalue weighted by molar-refractivity contribution is -0.123. The smallest absolute Gasteiger partial charge is 0.319 e. The van der Waals surface area contributed by atoms with Crippen LogP contribution in [0, 0.1) is 12.7 Å². The Morgan fingerprint density at radius 1 is 1.10 bits per heavy atom. The molecule has 2 aromatic rings. The minimum absolute atomic E-state index is 0.100. The summed E-state index contributed by atoms with van der Waals surface area (Å²) in [4.78, 5) is 26.7. The summed E-state index contributed by atoms with van der Waals surface area (Å²) in [6.45, 7) is 3.57. The van der Waals surface area contributed by atoms with Gasteiger partial charge in [0.15, 0.2) is 0 Å². The number of carbonyl (C=O) groups is 2. The summed E-state index contributed by atoms with van der Waals surface area (Å²) < 4.78 is 13.7. The number of likely N-dealkylation sites (tertiary alicyclic amines) is 1. The lowest BCUT2D eigenvalue weighted by Crippen LogP contribution is -2.50. The molecule has 0 aromatic heterocycles. The van der Waals surface area contributed by atoms with Crippen LogP contribution >= 0.6 is 0 Å². The number of aryl methyl sites for hydroxylation is 1. The van der Waals surface area contributed by atoms with Gasteiger partial charge in [0.25, 0.3) is 0 Å². The molecule has 1 aliphatic rings. The number of halogens is 1. The van der Waals surface area contributed by atoms with E-state index in [0.29, 0.717) is 18.7 Å². The number of para-hydroxylation sites is 1. The van der Waals surface area contributed by atoms with Gasteiger partial charge in [-0.1, -0.05) is 36.8 Å². The van der Waals surface area contributed by atoms with Gasteiger partial charge in [-0.15, -0.1) is 0 Å². The highest BCUT2D eigenvalue weighted by Crippen LogP contribution is 2.16. The molecule has 0 saturated carbocycles. The second-order valence-corrected chi connectivity index (χ2v) is 7.68. The second-order valence-electron chi connectivity index (χ2n) is 7.68. The maximum absolute atomic E-state index is 13.7. The number of anilines is 1. The van der Waals surface area contributed by atoms with E-state index in [1.807, 2.05) is 36.4 Å². The summed E-state index contributed by atoms with van der Waals surface area (Å²) in [5.41, 5.74) is 2.06. The van der Waals surface area contributed by atoms with E-state index in [9.17, 15) is 14.0 Å². The Labute approximate surface area is 176 Å². The standard InChI is InChI=1S/C23H29FN4O2/c1-17-10-11-18(13-21(17)24)14-25-22(29)16-28-12-6-5-9-20(28)15-26-23(30)27-19-7-3-2-4-8-19/h2-4,7-8,10-11,13,20H,5-6,9,12,14-16H2,1H3,(H,25,29)(H2,26,27,30). The first-order valence-corrected chi connectivity index (χ1v) is 10.4. The zero-order valence-corrected chi connectivity index (χ0v) is 17.3. The van der Waals surface area contributed by atoms with Crippen molar-refractivity contribution in [3.8, 4) is 0 Å². The number of rotatable bonds is 7. The maximum Gasteiger partial charge on any atom is 0.319 e. The van der Waals surface area contributed by atoms with Gasteiger partial charge in [0.2, 0.25) is 5.91 Å². The normalized spacial score (nSPS) is 16.7. The van der Waals surface area contributed by atoms with Gasteiger partial charge >= 0.3 is 6.03 Å². The number of benzene rings is 2. The third-order valence-electron chi connectivity index (χ3n) is 5.35. The zero-order valence-electron chi connectivity index (χ0n) is 17.3. The van der Waals surface area contributed by atoms with Crippen molar-refractivity contribution in [2.24, 2.45) is 0 Å². The number of hydrogen-bond acceptors (Lipinski definition) is 3. The van der Waals surface area contributed by atoms with Crippen molar-refractivity contribution < 1.29 is 14.0 Å². The van der Waals surface area contributed by atoms with Crippen molar-refractivity contribution in [1.29, 1.82) is 0 Å². The Bertz CT molecular complexity index is 860. The molecule has 1 saturated heterocycles. The predicted molar refractivity (Wildman–Crippen MR) is 116 cm³/mol. The fraction of sp³-hybridized carbons (Fsp3) is 0.391. The number of hydrogen-bond donors (Lipinski definition) is 3. The van der Waals surface area contributed by atoms with Crippen LogP contribution in [0.1, 0.15) is 30.4 Å². The summed E-state index contributed by atoms with van der Waals surface area (Å²) in [7, 11) is 0. The molecule has 7 heteroatoms. The van der Waals surface area contributed by atoms with E-state index in [1.54, 1.807) is 13.0 Å². The number of amides is 3. The highest BCUT2D eigenvalue weighted by atomic mass is 19.1. The molecule has 30 heavy (non-hydrogen) atoms. The Morgan fingerprint density at radius 3 is 2.67 bits per heavy atom. The lowest BCUT2D eigenvalue weighted by atomic mass is 10.0. The average molecular weight is 413 g/mol. The number of piperidine rings is 1. The SMILES string of the molecule is Cc1ccc(CNC(=O)CN2CCCCC2CNC(=O)Nc2ccccc2)cc1F. The molecule has 160 valence electrons. The summed E-state index contributed by atoms with van der Waals surface area (Å²) in [6, 6.07) is 14.1. The molecule has 1 unspecified atom stereocenters. The van der Waals surface area contributed by atoms with Gasteiger partial charge in [0.05, 0.1) is 6.54 Å². The average Bonchev–Trinajstić information content (AvgIpc) is 2.75. The van der Waals surface area contributed by atoms with Crippen molar-refractivity contribution in [2.75, 3.05) is 25.0 Å². The molecular weight excluding hydrogens is 383 g/mol. The van der Waals surface area contributed by atoms with Crippen molar-refractivity contribution in [2.45, 2.75) is 38.8 Å². The molecule has 0 aliphatic carbocycles. The first-order chi connectivity index (χ1) is 14.5. The van der Waals surface area contributed by atoms with Crippen LogP contribution in [-0.2, 0) is 11.3 Å². The Kier molecular flexibility index (Phi) is 7.79. The molecule has 3 rings (SSSR count). The van der Waals surface area contributed by atoms with Gasteiger partial charge in [0, 0.05) is 24.8 Å². The van der Waals surface area contributed by atoms with E-state index in [0.717, 1.165) is 37.1 Å². The van der Waals surface area contributed by atoms with Crippen LogP contribution in [0.15, 0.2) is 48.5 Å².